The zero-order valence-electron chi connectivity index (χ0n) is 52.6. The highest BCUT2D eigenvalue weighted by molar-refractivity contribution is 6.35. The van der Waals surface area contributed by atoms with E-state index in [1.165, 1.54) is 32.7 Å². The smallest absolute Gasteiger partial charge is 0.137 e. The molecule has 18 aromatic rings. The molecule has 4 aromatic heterocycles. The molecule has 0 bridgehead atoms. The van der Waals surface area contributed by atoms with Gasteiger partial charge in [0, 0.05) is 100 Å². The molecule has 0 amide bonds. The highest BCUT2D eigenvalue weighted by atomic mass is 16.3. The Bertz CT molecular complexity index is 5620. The molecule has 6 nitrogen and oxygen atoms in total. The standard InChI is InChI=1S/C88H64N4O2/c1-55(2)59-29-21-35-63(49-59)91-73-39-19-17-37-67(73)83-75(41-23-43-77(83)91)89(61-31-13-7-14-32-61)65-45-47-69-79(51-65)93-81-53-71(57-25-9-5-10-26-57)88-86-70-48-46-66(52-80(70)94-82(86)54-72(87(88)85(69)81)58-27-11-6-12-28-58)90(62-33-15-8-16-34-62)76-42-24-44-78-84(76)68-38-18-20-40-74(68)92(78)64-36-22-30-60(50-64)56(3)4/h5-56H,1-4H3. The summed E-state index contributed by atoms with van der Waals surface area (Å²) in [4.78, 5) is 4.80. The summed E-state index contributed by atoms with van der Waals surface area (Å²) >= 11 is 0. The number of rotatable bonds is 12. The first-order valence-electron chi connectivity index (χ1n) is 32.7. The molecule has 0 aliphatic carbocycles. The van der Waals surface area contributed by atoms with Crippen LogP contribution in [-0.4, -0.2) is 9.13 Å². The van der Waals surface area contributed by atoms with Gasteiger partial charge in [-0.2, -0.15) is 0 Å². The van der Waals surface area contributed by atoms with Gasteiger partial charge in [0.2, 0.25) is 0 Å². The van der Waals surface area contributed by atoms with E-state index in [0.29, 0.717) is 11.8 Å². The maximum Gasteiger partial charge on any atom is 0.137 e. The molecule has 94 heavy (non-hydrogen) atoms. The molecular formula is C88H64N4O2. The molecule has 0 fully saturated rings. The maximum atomic E-state index is 7.37. The van der Waals surface area contributed by atoms with E-state index in [2.05, 4.69) is 350 Å². The monoisotopic (exact) mass is 1210 g/mol. The number of hydrogen-bond acceptors (Lipinski definition) is 4. The first-order chi connectivity index (χ1) is 46.3. The number of anilines is 6. The minimum Gasteiger partial charge on any atom is -0.456 e. The molecule has 6 heteroatoms. The first kappa shape index (κ1) is 55.0. The molecule has 18 rings (SSSR count). The summed E-state index contributed by atoms with van der Waals surface area (Å²) in [5, 5.41) is 11.1. The Labute approximate surface area is 544 Å². The molecule has 0 radical (unpaired) electrons. The van der Waals surface area contributed by atoms with Gasteiger partial charge in [-0.25, -0.2) is 0 Å². The van der Waals surface area contributed by atoms with Crippen LogP contribution in [0.1, 0.15) is 50.7 Å². The Kier molecular flexibility index (Phi) is 12.8. The highest BCUT2D eigenvalue weighted by Crippen LogP contribution is 2.53. The third-order valence-electron chi connectivity index (χ3n) is 19.4. The van der Waals surface area contributed by atoms with Crippen LogP contribution in [0.5, 0.6) is 0 Å². The summed E-state index contributed by atoms with van der Waals surface area (Å²) in [6, 6.07) is 110. The highest BCUT2D eigenvalue weighted by Gasteiger charge is 2.28. The summed E-state index contributed by atoms with van der Waals surface area (Å²) < 4.78 is 19.6. The van der Waals surface area contributed by atoms with Gasteiger partial charge in [0.1, 0.15) is 22.3 Å². The molecule has 0 aliphatic heterocycles. The van der Waals surface area contributed by atoms with Gasteiger partial charge in [-0.05, 0) is 167 Å². The Hall–Kier alpha value is -11.9. The number of nitrogens with zero attached hydrogens (tertiary/aromatic N) is 4. The fourth-order valence-corrected chi connectivity index (χ4v) is 15.1. The quantitative estimate of drug-likeness (QED) is 0.122. The zero-order chi connectivity index (χ0) is 62.7. The molecule has 0 spiro atoms. The van der Waals surface area contributed by atoms with Crippen molar-refractivity contribution in [1.29, 1.82) is 0 Å². The first-order valence-corrected chi connectivity index (χ1v) is 32.7. The second-order valence-electron chi connectivity index (χ2n) is 25.5. The van der Waals surface area contributed by atoms with Crippen LogP contribution < -0.4 is 9.80 Å². The van der Waals surface area contributed by atoms with Crippen molar-refractivity contribution in [2.24, 2.45) is 0 Å². The fourth-order valence-electron chi connectivity index (χ4n) is 15.1. The van der Waals surface area contributed by atoms with Gasteiger partial charge in [0.25, 0.3) is 0 Å². The average Bonchev–Trinajstić information content (AvgIpc) is 1.49. The van der Waals surface area contributed by atoms with Crippen LogP contribution >= 0.6 is 0 Å². The summed E-state index contributed by atoms with van der Waals surface area (Å²) in [5.41, 5.74) is 23.3. The lowest BCUT2D eigenvalue weighted by atomic mass is 9.87. The van der Waals surface area contributed by atoms with Crippen molar-refractivity contribution in [3.8, 4) is 33.6 Å². The van der Waals surface area contributed by atoms with Gasteiger partial charge in [-0.1, -0.05) is 198 Å². The lowest BCUT2D eigenvalue weighted by Gasteiger charge is -2.26. The fraction of sp³-hybridized carbons (Fsp3) is 0.0682. The van der Waals surface area contributed by atoms with Crippen molar-refractivity contribution < 1.29 is 8.83 Å². The van der Waals surface area contributed by atoms with Crippen LogP contribution in [0, 0.1) is 0 Å². The summed E-state index contributed by atoms with van der Waals surface area (Å²) in [5.74, 6) is 0.787. The molecule has 0 unspecified atom stereocenters. The van der Waals surface area contributed by atoms with Crippen LogP contribution in [0.15, 0.2) is 312 Å². The van der Waals surface area contributed by atoms with E-state index < -0.39 is 0 Å². The predicted molar refractivity (Wildman–Crippen MR) is 396 cm³/mol. The van der Waals surface area contributed by atoms with Crippen LogP contribution in [0.3, 0.4) is 0 Å². The Morgan fingerprint density at radius 2 is 0.638 bits per heavy atom. The van der Waals surface area contributed by atoms with Crippen molar-refractivity contribution >= 4 is 132 Å². The van der Waals surface area contributed by atoms with Crippen LogP contribution in [0.4, 0.5) is 34.1 Å². The van der Waals surface area contributed by atoms with Crippen molar-refractivity contribution in [3.63, 3.8) is 0 Å². The van der Waals surface area contributed by atoms with Gasteiger partial charge < -0.3 is 27.8 Å². The van der Waals surface area contributed by atoms with Gasteiger partial charge >= 0.3 is 0 Å². The lowest BCUT2D eigenvalue weighted by Crippen LogP contribution is -2.10. The van der Waals surface area contributed by atoms with Crippen molar-refractivity contribution in [1.82, 2.24) is 9.13 Å². The maximum absolute atomic E-state index is 7.37. The second-order valence-corrected chi connectivity index (χ2v) is 25.5. The minimum atomic E-state index is 0.394. The predicted octanol–water partition coefficient (Wildman–Crippen LogP) is 25.4. The molecule has 14 aromatic carbocycles. The van der Waals surface area contributed by atoms with Crippen LogP contribution in [-0.2, 0) is 0 Å². The number of para-hydroxylation sites is 4. The van der Waals surface area contributed by atoms with E-state index in [1.54, 1.807) is 0 Å². The van der Waals surface area contributed by atoms with Gasteiger partial charge in [0.15, 0.2) is 0 Å². The largest absolute Gasteiger partial charge is 0.456 e. The van der Waals surface area contributed by atoms with E-state index in [-0.39, 0.29) is 0 Å². The molecule has 0 atom stereocenters. The van der Waals surface area contributed by atoms with Crippen molar-refractivity contribution in [2.45, 2.75) is 39.5 Å². The number of aromatic nitrogens is 2. The van der Waals surface area contributed by atoms with Crippen molar-refractivity contribution in [3.05, 3.63) is 314 Å². The van der Waals surface area contributed by atoms with Crippen LogP contribution in [0.2, 0.25) is 0 Å². The third-order valence-corrected chi connectivity index (χ3v) is 19.4. The molecule has 4 heterocycles. The number of furan rings is 2. The topological polar surface area (TPSA) is 42.6 Å². The third kappa shape index (κ3) is 8.70. The Balaban J connectivity index is 0.865. The SMILES string of the molecule is CC(C)c1cccc(-n2c3ccccc3c3c(N(c4ccccc4)c4ccc5c(c4)oc4cc(-c6ccccc6)c6c(c(-c7ccccc7)cc7oc8cc(N(c9ccccc9)c9cccc%10c9c9ccccc9n%10-c9cccc(C(C)C)c9)ccc8c76)c45)cccc32)c1. The molecule has 0 saturated heterocycles. The van der Waals surface area contributed by atoms with Crippen LogP contribution in [0.25, 0.3) is 132 Å². The van der Waals surface area contributed by atoms with Gasteiger partial charge in [-0.15, -0.1) is 0 Å². The van der Waals surface area contributed by atoms with E-state index in [9.17, 15) is 0 Å². The summed E-state index contributed by atoms with van der Waals surface area (Å²) in [7, 11) is 0. The minimum absolute atomic E-state index is 0.394. The molecule has 448 valence electrons. The van der Waals surface area contributed by atoms with E-state index in [4.69, 9.17) is 8.83 Å². The number of benzene rings is 14. The Morgan fingerprint density at radius 3 is 1.05 bits per heavy atom. The van der Waals surface area contributed by atoms with E-state index in [1.807, 2.05) is 0 Å². The normalized spacial score (nSPS) is 12.0. The molecule has 0 saturated carbocycles. The molecule has 0 N–H and O–H groups in total. The second kappa shape index (κ2) is 21.9. The molecular weight excluding hydrogens is 1140 g/mol. The van der Waals surface area contributed by atoms with Gasteiger partial charge in [0.05, 0.1) is 33.4 Å². The summed E-state index contributed by atoms with van der Waals surface area (Å²) in [6.07, 6.45) is 0. The van der Waals surface area contributed by atoms with Crippen molar-refractivity contribution in [2.75, 3.05) is 9.80 Å². The number of fused-ring (bicyclic) bond motifs is 15. The van der Waals surface area contributed by atoms with Gasteiger partial charge in [-0.3, -0.25) is 0 Å². The average molecular weight is 1210 g/mol. The summed E-state index contributed by atoms with van der Waals surface area (Å²) in [6.45, 7) is 9.05. The zero-order valence-corrected chi connectivity index (χ0v) is 52.6. The van der Waals surface area contributed by atoms with E-state index >= 15 is 0 Å². The number of hydrogen-bond donors (Lipinski definition) is 0. The molecule has 0 aliphatic rings. The lowest BCUT2D eigenvalue weighted by molar-refractivity contribution is 0.668. The van der Waals surface area contributed by atoms with E-state index in [0.717, 1.165) is 144 Å². The Morgan fingerprint density at radius 1 is 0.266 bits per heavy atom.